The van der Waals surface area contributed by atoms with E-state index in [1.54, 1.807) is 4.52 Å². The Bertz CT molecular complexity index is 1490. The van der Waals surface area contributed by atoms with Gasteiger partial charge < -0.3 is 16.4 Å². The summed E-state index contributed by atoms with van der Waals surface area (Å²) in [6, 6.07) is 4.46. The minimum Gasteiger partial charge on any atom is -0.383 e. The lowest BCUT2D eigenvalue weighted by Gasteiger charge is -2.39. The first-order valence-corrected chi connectivity index (χ1v) is 14.2. The number of fused-ring (bicyclic) bond motifs is 3. The van der Waals surface area contributed by atoms with Crippen LogP contribution >= 0.6 is 0 Å². The van der Waals surface area contributed by atoms with Gasteiger partial charge in [-0.15, -0.1) is 0 Å². The van der Waals surface area contributed by atoms with E-state index in [4.69, 9.17) is 26.8 Å². The van der Waals surface area contributed by atoms with Crippen LogP contribution in [0.25, 0.3) is 16.8 Å². The second kappa shape index (κ2) is 8.86. The zero-order chi connectivity index (χ0) is 26.9. The third-order valence-electron chi connectivity index (χ3n) is 9.66. The van der Waals surface area contributed by atoms with E-state index in [-0.39, 0.29) is 35.2 Å². The van der Waals surface area contributed by atoms with Crippen LogP contribution in [0.3, 0.4) is 0 Å². The second-order valence-corrected chi connectivity index (χ2v) is 12.1. The minimum absolute atomic E-state index is 0.0843. The number of amidine groups is 1. The number of nitrogens with one attached hydrogen (secondary N) is 1. The summed E-state index contributed by atoms with van der Waals surface area (Å²) in [6.45, 7) is 2.29. The fourth-order valence-electron chi connectivity index (χ4n) is 7.21. The summed E-state index contributed by atoms with van der Waals surface area (Å²) in [5.74, 6) is 0.930. The van der Waals surface area contributed by atoms with E-state index >= 15 is 0 Å². The highest BCUT2D eigenvalue weighted by atomic mass is 16.2. The van der Waals surface area contributed by atoms with Gasteiger partial charge in [-0.1, -0.05) is 19.4 Å². The van der Waals surface area contributed by atoms with Gasteiger partial charge in [-0.3, -0.25) is 15.2 Å². The number of aromatic nitrogens is 4. The van der Waals surface area contributed by atoms with Crippen LogP contribution in [0.4, 0.5) is 5.82 Å². The summed E-state index contributed by atoms with van der Waals surface area (Å²) in [5, 5.41) is 11.8. The number of carbonyl (C=O) groups excluding carboxylic acids is 1. The molecule has 10 heteroatoms. The Labute approximate surface area is 227 Å². The second-order valence-electron chi connectivity index (χ2n) is 12.1. The van der Waals surface area contributed by atoms with Gasteiger partial charge >= 0.3 is 0 Å². The molecule has 3 aromatic heterocycles. The molecule has 7 rings (SSSR count). The number of pyridine rings is 1. The van der Waals surface area contributed by atoms with Gasteiger partial charge in [0.2, 0.25) is 0 Å². The monoisotopic (exact) mass is 525 g/mol. The maximum Gasteiger partial charge on any atom is 0.289 e. The molecule has 10 nitrogen and oxygen atoms in total. The number of rotatable bonds is 5. The van der Waals surface area contributed by atoms with E-state index in [2.05, 4.69) is 29.1 Å². The Morgan fingerprint density at radius 2 is 1.87 bits per heavy atom. The van der Waals surface area contributed by atoms with Gasteiger partial charge in [-0.05, 0) is 63.4 Å². The molecule has 0 aromatic carbocycles. The number of nitrogens with zero attached hydrogens (tertiary/aromatic N) is 6. The zero-order valence-electron chi connectivity index (χ0n) is 22.3. The van der Waals surface area contributed by atoms with Crippen LogP contribution in [0.5, 0.6) is 0 Å². The van der Waals surface area contributed by atoms with Crippen LogP contribution in [0.2, 0.25) is 0 Å². The Balaban J connectivity index is 1.25. The summed E-state index contributed by atoms with van der Waals surface area (Å²) < 4.78 is 1.80. The molecule has 3 aromatic rings. The summed E-state index contributed by atoms with van der Waals surface area (Å²) >= 11 is 0. The number of aliphatic imine (C=N–C) groups is 1. The van der Waals surface area contributed by atoms with Gasteiger partial charge in [0, 0.05) is 52.0 Å². The van der Waals surface area contributed by atoms with Crippen molar-refractivity contribution in [3.63, 3.8) is 0 Å². The molecule has 4 aliphatic rings. The Kier molecular flexibility index (Phi) is 5.50. The minimum atomic E-state index is -0.264. The number of hydrogen-bond acceptors (Lipinski definition) is 6. The van der Waals surface area contributed by atoms with E-state index in [9.17, 15) is 4.79 Å². The standard InChI is InChI=1S/C29H35N9O/c1-29(9-2-10-29)22-8-5-17(13-33-22)21-14-35-38-26(32)23(16-3-4-16)24(36-27(21)38)18-11-19-6-7-20(12-18)37(19)28(39)25(31)34-15-30/h5,8,13-16,18-20H,2-4,6-7,9-12,32H2,1H3,(H3,30,31,34). The lowest BCUT2D eigenvalue weighted by molar-refractivity contribution is -0.128. The first-order valence-electron chi connectivity index (χ1n) is 14.2. The third kappa shape index (κ3) is 3.83. The maximum absolute atomic E-state index is 13.0. The van der Waals surface area contributed by atoms with Gasteiger partial charge in [0.15, 0.2) is 11.5 Å². The van der Waals surface area contributed by atoms with Crippen molar-refractivity contribution in [1.82, 2.24) is 24.5 Å². The van der Waals surface area contributed by atoms with Crippen molar-refractivity contribution in [1.29, 1.82) is 5.41 Å². The first-order chi connectivity index (χ1) is 18.9. The molecular weight excluding hydrogens is 490 g/mol. The number of nitrogens with two attached hydrogens (primary N) is 2. The van der Waals surface area contributed by atoms with Crippen LogP contribution in [0.1, 0.15) is 93.5 Å². The molecule has 0 spiro atoms. The summed E-state index contributed by atoms with van der Waals surface area (Å²) in [5.41, 5.74) is 19.0. The molecule has 5 heterocycles. The Morgan fingerprint density at radius 3 is 2.46 bits per heavy atom. The van der Waals surface area contributed by atoms with Crippen molar-refractivity contribution in [3.8, 4) is 11.1 Å². The molecule has 1 amide bonds. The largest absolute Gasteiger partial charge is 0.383 e. The van der Waals surface area contributed by atoms with E-state index < -0.39 is 0 Å². The Morgan fingerprint density at radius 1 is 1.13 bits per heavy atom. The van der Waals surface area contributed by atoms with Gasteiger partial charge in [0.25, 0.3) is 5.91 Å². The molecule has 2 bridgehead atoms. The highest BCUT2D eigenvalue weighted by molar-refractivity contribution is 6.38. The van der Waals surface area contributed by atoms with Gasteiger partial charge in [-0.2, -0.15) is 9.61 Å². The molecule has 39 heavy (non-hydrogen) atoms. The summed E-state index contributed by atoms with van der Waals surface area (Å²) in [7, 11) is 0. The van der Waals surface area contributed by atoms with E-state index in [1.807, 2.05) is 17.3 Å². The third-order valence-corrected chi connectivity index (χ3v) is 9.66. The number of amides is 1. The Hall–Kier alpha value is -3.82. The molecule has 2 aliphatic carbocycles. The molecule has 5 N–H and O–H groups in total. The highest BCUT2D eigenvalue weighted by Gasteiger charge is 2.46. The number of hydrogen-bond donors (Lipinski definition) is 3. The van der Waals surface area contributed by atoms with Gasteiger partial charge in [0.1, 0.15) is 12.2 Å². The van der Waals surface area contributed by atoms with E-state index in [0.717, 1.165) is 78.6 Å². The van der Waals surface area contributed by atoms with Crippen molar-refractivity contribution in [2.75, 3.05) is 5.73 Å². The first kappa shape index (κ1) is 24.2. The van der Waals surface area contributed by atoms with Gasteiger partial charge in [-0.25, -0.2) is 9.98 Å². The molecule has 2 saturated carbocycles. The van der Waals surface area contributed by atoms with Crippen LogP contribution < -0.4 is 11.5 Å². The fourth-order valence-corrected chi connectivity index (χ4v) is 7.21. The number of anilines is 1. The van der Waals surface area contributed by atoms with Crippen LogP contribution in [-0.4, -0.2) is 54.6 Å². The molecule has 4 fully saturated rings. The lowest BCUT2D eigenvalue weighted by atomic mass is 9.68. The van der Waals surface area contributed by atoms with Crippen molar-refractivity contribution in [2.24, 2.45) is 10.7 Å². The van der Waals surface area contributed by atoms with Crippen LogP contribution in [0, 0.1) is 5.41 Å². The smallest absolute Gasteiger partial charge is 0.289 e. The topological polar surface area (TPSA) is 152 Å². The average Bonchev–Trinajstić information content (AvgIpc) is 3.61. The van der Waals surface area contributed by atoms with Crippen molar-refractivity contribution >= 4 is 29.5 Å². The highest BCUT2D eigenvalue weighted by Crippen LogP contribution is 2.50. The maximum atomic E-state index is 13.0. The molecule has 2 atom stereocenters. The molecule has 2 saturated heterocycles. The molecule has 2 aliphatic heterocycles. The molecule has 2 unspecified atom stereocenters. The molecular formula is C29H35N9O. The number of piperidine rings is 1. The zero-order valence-corrected chi connectivity index (χ0v) is 22.3. The summed E-state index contributed by atoms with van der Waals surface area (Å²) in [4.78, 5) is 28.8. The number of carbonyl (C=O) groups is 1. The van der Waals surface area contributed by atoms with Crippen molar-refractivity contribution < 1.29 is 4.79 Å². The van der Waals surface area contributed by atoms with Crippen molar-refractivity contribution in [2.45, 2.75) is 94.0 Å². The predicted octanol–water partition coefficient (Wildman–Crippen LogP) is 3.89. The normalized spacial score (nSPS) is 26.0. The van der Waals surface area contributed by atoms with Crippen molar-refractivity contribution in [3.05, 3.63) is 41.5 Å². The SMILES string of the molecule is CC1(c2ccc(-c3cnn4c(N)c(C5CC5)c(C5CC6CCC(C5)N6C(=O)C(N)=NC=N)nc34)cn2)CCC1. The average molecular weight is 526 g/mol. The van der Waals surface area contributed by atoms with Crippen LogP contribution in [0.15, 0.2) is 29.5 Å². The quantitative estimate of drug-likeness (QED) is 0.339. The van der Waals surface area contributed by atoms with E-state index in [0.29, 0.717) is 11.7 Å². The van der Waals surface area contributed by atoms with Crippen LogP contribution in [-0.2, 0) is 10.2 Å². The molecule has 0 radical (unpaired) electrons. The predicted molar refractivity (Wildman–Crippen MR) is 150 cm³/mol. The number of nitrogen functional groups attached to an aromatic ring is 1. The van der Waals surface area contributed by atoms with E-state index in [1.165, 1.54) is 19.3 Å². The summed E-state index contributed by atoms with van der Waals surface area (Å²) in [6.07, 6.45) is 14.0. The fraction of sp³-hybridized carbons (Fsp3) is 0.517. The lowest BCUT2D eigenvalue weighted by Crippen LogP contribution is -2.50. The van der Waals surface area contributed by atoms with Gasteiger partial charge in [0.05, 0.1) is 11.9 Å². The molecule has 202 valence electrons.